The lowest BCUT2D eigenvalue weighted by Gasteiger charge is -2.21. The van der Waals surface area contributed by atoms with Gasteiger partial charge in [-0.3, -0.25) is 15.0 Å². The van der Waals surface area contributed by atoms with Gasteiger partial charge in [-0.1, -0.05) is 19.0 Å². The Morgan fingerprint density at radius 1 is 1.56 bits per heavy atom. The van der Waals surface area contributed by atoms with Gasteiger partial charge >= 0.3 is 0 Å². The smallest absolute Gasteiger partial charge is 0.240 e. The van der Waals surface area contributed by atoms with Gasteiger partial charge in [-0.2, -0.15) is 0 Å². The number of likely N-dealkylation sites (N-methyl/N-ethyl adjacent to an activating group) is 1. The van der Waals surface area contributed by atoms with E-state index in [-0.39, 0.29) is 31.0 Å². The highest BCUT2D eigenvalue weighted by molar-refractivity contribution is 5.90. The summed E-state index contributed by atoms with van der Waals surface area (Å²) in [4.78, 5) is 13.5. The standard InChI is InChI=1S/C12H21N3O3/c1-8(2)10-5-12(18-14-10)13-11(17)6-15(4)9(3)7-16/h5,8-9,16H,6-7H2,1-4H3,(H,13,17). The lowest BCUT2D eigenvalue weighted by atomic mass is 10.1. The van der Waals surface area contributed by atoms with E-state index in [4.69, 9.17) is 9.63 Å². The summed E-state index contributed by atoms with van der Waals surface area (Å²) in [5.74, 6) is 0.425. The lowest BCUT2D eigenvalue weighted by molar-refractivity contribution is -0.117. The molecule has 0 radical (unpaired) electrons. The number of aliphatic hydroxyl groups is 1. The van der Waals surface area contributed by atoms with E-state index in [0.717, 1.165) is 5.69 Å². The third-order valence-electron chi connectivity index (χ3n) is 2.79. The van der Waals surface area contributed by atoms with Crippen molar-refractivity contribution in [3.8, 4) is 0 Å². The summed E-state index contributed by atoms with van der Waals surface area (Å²) in [6.45, 7) is 6.06. The van der Waals surface area contributed by atoms with Gasteiger partial charge in [0.15, 0.2) is 0 Å². The molecule has 1 heterocycles. The molecule has 0 saturated heterocycles. The zero-order valence-corrected chi connectivity index (χ0v) is 11.3. The van der Waals surface area contributed by atoms with Crippen LogP contribution < -0.4 is 5.32 Å². The molecule has 1 atom stereocenters. The van der Waals surface area contributed by atoms with Crippen molar-refractivity contribution in [3.63, 3.8) is 0 Å². The monoisotopic (exact) mass is 255 g/mol. The van der Waals surface area contributed by atoms with Crippen LogP contribution in [0.1, 0.15) is 32.4 Å². The van der Waals surface area contributed by atoms with Crippen molar-refractivity contribution >= 4 is 11.8 Å². The quantitative estimate of drug-likeness (QED) is 0.794. The van der Waals surface area contributed by atoms with E-state index in [1.54, 1.807) is 18.0 Å². The number of aliphatic hydroxyl groups excluding tert-OH is 1. The zero-order chi connectivity index (χ0) is 13.7. The molecule has 102 valence electrons. The van der Waals surface area contributed by atoms with Crippen LogP contribution in [0.5, 0.6) is 0 Å². The summed E-state index contributed by atoms with van der Waals surface area (Å²) in [6, 6.07) is 1.66. The molecule has 2 N–H and O–H groups in total. The molecule has 1 aromatic heterocycles. The molecule has 1 rings (SSSR count). The van der Waals surface area contributed by atoms with Crippen molar-refractivity contribution < 1.29 is 14.4 Å². The summed E-state index contributed by atoms with van der Waals surface area (Å²) in [7, 11) is 1.78. The van der Waals surface area contributed by atoms with E-state index < -0.39 is 0 Å². The van der Waals surface area contributed by atoms with Crippen molar-refractivity contribution in [1.29, 1.82) is 0 Å². The van der Waals surface area contributed by atoms with Gasteiger partial charge in [0.1, 0.15) is 0 Å². The van der Waals surface area contributed by atoms with Gasteiger partial charge in [-0.05, 0) is 19.9 Å². The number of hydrogen-bond acceptors (Lipinski definition) is 5. The minimum Gasteiger partial charge on any atom is -0.395 e. The first-order valence-corrected chi connectivity index (χ1v) is 6.01. The molecule has 0 aliphatic rings. The number of hydrogen-bond donors (Lipinski definition) is 2. The topological polar surface area (TPSA) is 78.6 Å². The molecule has 1 aromatic rings. The SMILES string of the molecule is CC(C)c1cc(NC(=O)CN(C)C(C)CO)on1. The highest BCUT2D eigenvalue weighted by Crippen LogP contribution is 2.17. The number of nitrogens with zero attached hydrogens (tertiary/aromatic N) is 2. The van der Waals surface area contributed by atoms with E-state index in [9.17, 15) is 4.79 Å². The Hall–Kier alpha value is -1.40. The first-order valence-electron chi connectivity index (χ1n) is 6.01. The van der Waals surface area contributed by atoms with Gasteiger partial charge in [0.25, 0.3) is 0 Å². The van der Waals surface area contributed by atoms with Gasteiger partial charge in [-0.15, -0.1) is 0 Å². The van der Waals surface area contributed by atoms with Crippen LogP contribution in [0.2, 0.25) is 0 Å². The molecule has 0 aromatic carbocycles. The van der Waals surface area contributed by atoms with Crippen molar-refractivity contribution in [2.75, 3.05) is 25.5 Å². The summed E-state index contributed by atoms with van der Waals surface area (Å²) < 4.78 is 5.02. The first kappa shape index (κ1) is 14.7. The molecule has 0 spiro atoms. The Morgan fingerprint density at radius 2 is 2.22 bits per heavy atom. The van der Waals surface area contributed by atoms with Crippen molar-refractivity contribution in [3.05, 3.63) is 11.8 Å². The number of aromatic nitrogens is 1. The maximum atomic E-state index is 11.7. The second kappa shape index (κ2) is 6.51. The summed E-state index contributed by atoms with van der Waals surface area (Å²) in [5.41, 5.74) is 0.808. The summed E-state index contributed by atoms with van der Waals surface area (Å²) in [5, 5.41) is 15.5. The van der Waals surface area contributed by atoms with Gasteiger partial charge in [0, 0.05) is 12.1 Å². The number of nitrogens with one attached hydrogen (secondary N) is 1. The van der Waals surface area contributed by atoms with E-state index in [2.05, 4.69) is 10.5 Å². The molecule has 6 heteroatoms. The molecule has 0 saturated carbocycles. The Kier molecular flexibility index (Phi) is 5.30. The van der Waals surface area contributed by atoms with Crippen LogP contribution in [0.3, 0.4) is 0 Å². The maximum absolute atomic E-state index is 11.7. The Labute approximate surface area is 107 Å². The van der Waals surface area contributed by atoms with Crippen LogP contribution in [0, 0.1) is 0 Å². The number of amides is 1. The highest BCUT2D eigenvalue weighted by Gasteiger charge is 2.14. The van der Waals surface area contributed by atoms with Crippen molar-refractivity contribution in [2.45, 2.75) is 32.7 Å². The van der Waals surface area contributed by atoms with Crippen LogP contribution in [-0.4, -0.2) is 47.3 Å². The summed E-state index contributed by atoms with van der Waals surface area (Å²) >= 11 is 0. The van der Waals surface area contributed by atoms with E-state index in [1.807, 2.05) is 20.8 Å². The third-order valence-corrected chi connectivity index (χ3v) is 2.79. The molecule has 0 fully saturated rings. The zero-order valence-electron chi connectivity index (χ0n) is 11.3. The third kappa shape index (κ3) is 4.12. The van der Waals surface area contributed by atoms with Crippen LogP contribution in [0.15, 0.2) is 10.6 Å². The van der Waals surface area contributed by atoms with E-state index in [1.165, 1.54) is 0 Å². The fourth-order valence-corrected chi connectivity index (χ4v) is 1.32. The number of carbonyl (C=O) groups is 1. The predicted octanol–water partition coefficient (Wildman–Crippen LogP) is 1.05. The molecule has 0 bridgehead atoms. The Balaban J connectivity index is 2.49. The average molecular weight is 255 g/mol. The molecular weight excluding hydrogens is 234 g/mol. The fourth-order valence-electron chi connectivity index (χ4n) is 1.32. The lowest BCUT2D eigenvalue weighted by Crippen LogP contribution is -2.38. The summed E-state index contributed by atoms with van der Waals surface area (Å²) in [6.07, 6.45) is 0. The van der Waals surface area contributed by atoms with Crippen LogP contribution in [0.4, 0.5) is 5.88 Å². The number of carbonyl (C=O) groups excluding carboxylic acids is 1. The largest absolute Gasteiger partial charge is 0.395 e. The average Bonchev–Trinajstić information content (AvgIpc) is 2.76. The first-order chi connectivity index (χ1) is 8.43. The Bertz CT molecular complexity index is 390. The van der Waals surface area contributed by atoms with Crippen LogP contribution >= 0.6 is 0 Å². The molecule has 18 heavy (non-hydrogen) atoms. The second-order valence-corrected chi connectivity index (χ2v) is 4.77. The maximum Gasteiger partial charge on any atom is 0.240 e. The molecule has 0 aliphatic heterocycles. The van der Waals surface area contributed by atoms with E-state index in [0.29, 0.717) is 5.88 Å². The van der Waals surface area contributed by atoms with E-state index >= 15 is 0 Å². The second-order valence-electron chi connectivity index (χ2n) is 4.77. The minimum absolute atomic E-state index is 0.0174. The number of anilines is 1. The van der Waals surface area contributed by atoms with Gasteiger partial charge < -0.3 is 9.63 Å². The fraction of sp³-hybridized carbons (Fsp3) is 0.667. The molecular formula is C12H21N3O3. The number of rotatable bonds is 6. The molecule has 6 nitrogen and oxygen atoms in total. The Morgan fingerprint density at radius 3 is 2.72 bits per heavy atom. The van der Waals surface area contributed by atoms with Gasteiger partial charge in [0.05, 0.1) is 18.8 Å². The van der Waals surface area contributed by atoms with Crippen LogP contribution in [0.25, 0.3) is 0 Å². The van der Waals surface area contributed by atoms with Crippen LogP contribution in [-0.2, 0) is 4.79 Å². The normalized spacial score (nSPS) is 13.1. The predicted molar refractivity (Wildman–Crippen MR) is 68.4 cm³/mol. The molecule has 1 amide bonds. The minimum atomic E-state index is -0.191. The highest BCUT2D eigenvalue weighted by atomic mass is 16.5. The van der Waals surface area contributed by atoms with Crippen molar-refractivity contribution in [2.24, 2.45) is 0 Å². The molecule has 0 aliphatic carbocycles. The molecule has 1 unspecified atom stereocenters. The van der Waals surface area contributed by atoms with Gasteiger partial charge in [-0.25, -0.2) is 0 Å². The van der Waals surface area contributed by atoms with Crippen molar-refractivity contribution in [1.82, 2.24) is 10.1 Å². The van der Waals surface area contributed by atoms with Gasteiger partial charge in [0.2, 0.25) is 11.8 Å².